The highest BCUT2D eigenvalue weighted by molar-refractivity contribution is 8.01. The van der Waals surface area contributed by atoms with Crippen LogP contribution in [0.2, 0.25) is 0 Å². The van der Waals surface area contributed by atoms with E-state index in [1.54, 1.807) is 6.08 Å². The van der Waals surface area contributed by atoms with Crippen molar-refractivity contribution in [3.63, 3.8) is 0 Å². The number of carbonyl (C=O) groups excluding carboxylic acids is 1. The standard InChI is InChI=1S/C34H39N3O3S2/c1-2-21-40-33(39)37-24-31(22-30(37)23-35-32(41)36-20-12-19-29(36)25-38)42-34(26-13-6-3-7-14-26,27-15-8-4-9-16-27)28-17-10-5-11-18-28/h2-11,13-18,29-31,38H,1,12,19-25H2,(H,35,41)/t29?,30-,31-/m0/s1. The summed E-state index contributed by atoms with van der Waals surface area (Å²) in [6, 6.07) is 31.8. The van der Waals surface area contributed by atoms with E-state index >= 15 is 0 Å². The summed E-state index contributed by atoms with van der Waals surface area (Å²) >= 11 is 7.62. The number of hydrogen-bond acceptors (Lipinski definition) is 5. The number of nitrogens with zero attached hydrogens (tertiary/aromatic N) is 2. The lowest BCUT2D eigenvalue weighted by Crippen LogP contribution is -2.49. The highest BCUT2D eigenvalue weighted by atomic mass is 32.2. The second-order valence-corrected chi connectivity index (χ2v) is 12.7. The van der Waals surface area contributed by atoms with Crippen molar-refractivity contribution in [3.05, 3.63) is 120 Å². The molecule has 2 saturated heterocycles. The van der Waals surface area contributed by atoms with Crippen molar-refractivity contribution in [2.45, 2.75) is 41.3 Å². The van der Waals surface area contributed by atoms with Gasteiger partial charge in [0.25, 0.3) is 0 Å². The summed E-state index contributed by atoms with van der Waals surface area (Å²) in [6.07, 6.45) is 3.98. The largest absolute Gasteiger partial charge is 0.445 e. The average Bonchev–Trinajstić information content (AvgIpc) is 3.70. The molecule has 8 heteroatoms. The molecule has 42 heavy (non-hydrogen) atoms. The van der Waals surface area contributed by atoms with Gasteiger partial charge in [0.15, 0.2) is 5.11 Å². The van der Waals surface area contributed by atoms with Gasteiger partial charge in [0, 0.05) is 24.9 Å². The monoisotopic (exact) mass is 601 g/mol. The van der Waals surface area contributed by atoms with Crippen LogP contribution in [0.4, 0.5) is 4.79 Å². The van der Waals surface area contributed by atoms with Crippen LogP contribution in [-0.2, 0) is 9.48 Å². The number of likely N-dealkylation sites (tertiary alicyclic amines) is 2. The zero-order valence-electron chi connectivity index (χ0n) is 23.8. The topological polar surface area (TPSA) is 65.0 Å². The van der Waals surface area contributed by atoms with Gasteiger partial charge >= 0.3 is 6.09 Å². The molecule has 3 aromatic carbocycles. The molecule has 1 unspecified atom stereocenters. The van der Waals surface area contributed by atoms with E-state index in [0.29, 0.717) is 18.2 Å². The molecule has 3 aromatic rings. The molecule has 2 aliphatic heterocycles. The van der Waals surface area contributed by atoms with Gasteiger partial charge in [-0.1, -0.05) is 104 Å². The van der Waals surface area contributed by atoms with Gasteiger partial charge in [-0.05, 0) is 48.2 Å². The number of rotatable bonds is 10. The molecule has 0 aliphatic carbocycles. The van der Waals surface area contributed by atoms with Gasteiger partial charge in [0.05, 0.1) is 23.4 Å². The number of nitrogens with one attached hydrogen (secondary N) is 1. The van der Waals surface area contributed by atoms with E-state index in [2.05, 4.69) is 89.6 Å². The number of thioether (sulfide) groups is 1. The molecule has 2 heterocycles. The minimum Gasteiger partial charge on any atom is -0.445 e. The van der Waals surface area contributed by atoms with Crippen molar-refractivity contribution in [2.75, 3.05) is 32.8 Å². The van der Waals surface area contributed by atoms with E-state index in [9.17, 15) is 9.90 Å². The quantitative estimate of drug-likeness (QED) is 0.173. The fourth-order valence-corrected chi connectivity index (χ4v) is 8.36. The third-order valence-corrected chi connectivity index (χ3v) is 10.3. The summed E-state index contributed by atoms with van der Waals surface area (Å²) in [6.45, 7) is 5.86. The van der Waals surface area contributed by atoms with Crippen molar-refractivity contribution in [2.24, 2.45) is 0 Å². The number of ether oxygens (including phenoxy) is 1. The second kappa shape index (κ2) is 14.2. The van der Waals surface area contributed by atoms with Crippen LogP contribution in [0.5, 0.6) is 0 Å². The first kappa shape index (κ1) is 30.1. The molecule has 0 radical (unpaired) electrons. The Morgan fingerprint density at radius 1 is 0.976 bits per heavy atom. The molecule has 2 N–H and O–H groups in total. The third-order valence-electron chi connectivity index (χ3n) is 8.16. The second-order valence-electron chi connectivity index (χ2n) is 10.8. The highest BCUT2D eigenvalue weighted by Crippen LogP contribution is 2.52. The Morgan fingerprint density at radius 2 is 1.55 bits per heavy atom. The molecule has 5 rings (SSSR count). The van der Waals surface area contributed by atoms with Crippen LogP contribution in [0.1, 0.15) is 36.0 Å². The Bertz CT molecular complexity index is 1230. The zero-order valence-corrected chi connectivity index (χ0v) is 25.4. The lowest BCUT2D eigenvalue weighted by atomic mass is 9.84. The minimum absolute atomic E-state index is 0.0498. The lowest BCUT2D eigenvalue weighted by molar-refractivity contribution is 0.108. The van der Waals surface area contributed by atoms with Crippen molar-refractivity contribution in [1.29, 1.82) is 0 Å². The first-order chi connectivity index (χ1) is 20.6. The third kappa shape index (κ3) is 6.51. The number of amides is 1. The number of aliphatic hydroxyl groups excluding tert-OH is 1. The number of hydrogen-bond donors (Lipinski definition) is 2. The summed E-state index contributed by atoms with van der Waals surface area (Å²) in [5.41, 5.74) is 3.58. The molecule has 6 nitrogen and oxygen atoms in total. The van der Waals surface area contributed by atoms with Gasteiger partial charge in [0.1, 0.15) is 6.61 Å². The summed E-state index contributed by atoms with van der Waals surface area (Å²) < 4.78 is 5.05. The van der Waals surface area contributed by atoms with Crippen molar-refractivity contribution < 1.29 is 14.6 Å². The van der Waals surface area contributed by atoms with E-state index in [1.165, 1.54) is 16.7 Å². The van der Waals surface area contributed by atoms with Gasteiger partial charge in [-0.25, -0.2) is 4.79 Å². The van der Waals surface area contributed by atoms with E-state index in [4.69, 9.17) is 17.0 Å². The molecule has 0 saturated carbocycles. The first-order valence-electron chi connectivity index (χ1n) is 14.6. The van der Waals surface area contributed by atoms with Crippen LogP contribution in [0.3, 0.4) is 0 Å². The Labute approximate surface area is 258 Å². The van der Waals surface area contributed by atoms with Crippen LogP contribution < -0.4 is 5.32 Å². The first-order valence-corrected chi connectivity index (χ1v) is 15.9. The summed E-state index contributed by atoms with van der Waals surface area (Å²) in [7, 11) is 0. The van der Waals surface area contributed by atoms with Crippen LogP contribution in [0.25, 0.3) is 0 Å². The molecular formula is C34H39N3O3S2. The summed E-state index contributed by atoms with van der Waals surface area (Å²) in [5.74, 6) is 0. The zero-order chi connectivity index (χ0) is 29.4. The Hall–Kier alpha value is -3.33. The van der Waals surface area contributed by atoms with Gasteiger partial charge in [0.2, 0.25) is 0 Å². The van der Waals surface area contributed by atoms with E-state index in [1.807, 2.05) is 34.9 Å². The molecule has 0 bridgehead atoms. The highest BCUT2D eigenvalue weighted by Gasteiger charge is 2.44. The number of carbonyl (C=O) groups is 1. The summed E-state index contributed by atoms with van der Waals surface area (Å²) in [5, 5.41) is 14.0. The van der Waals surface area contributed by atoms with E-state index < -0.39 is 4.75 Å². The van der Waals surface area contributed by atoms with Crippen LogP contribution in [0.15, 0.2) is 104 Å². The maximum atomic E-state index is 13.3. The predicted octanol–water partition coefficient (Wildman–Crippen LogP) is 5.81. The molecule has 2 aliphatic rings. The molecule has 2 fully saturated rings. The Kier molecular flexibility index (Phi) is 10.2. The average molecular weight is 602 g/mol. The van der Waals surface area contributed by atoms with Crippen molar-refractivity contribution in [1.82, 2.24) is 15.1 Å². The molecular weight excluding hydrogens is 563 g/mol. The van der Waals surface area contributed by atoms with Crippen LogP contribution in [0, 0.1) is 0 Å². The van der Waals surface area contributed by atoms with E-state index in [-0.39, 0.29) is 36.6 Å². The number of aliphatic hydroxyl groups is 1. The smallest absolute Gasteiger partial charge is 0.410 e. The van der Waals surface area contributed by atoms with E-state index in [0.717, 1.165) is 25.8 Å². The number of benzene rings is 3. The molecule has 3 atom stereocenters. The molecule has 220 valence electrons. The van der Waals surface area contributed by atoms with Crippen LogP contribution >= 0.6 is 24.0 Å². The van der Waals surface area contributed by atoms with Crippen molar-refractivity contribution in [3.8, 4) is 0 Å². The predicted molar refractivity (Wildman–Crippen MR) is 175 cm³/mol. The Balaban J connectivity index is 1.45. The van der Waals surface area contributed by atoms with Gasteiger partial charge < -0.3 is 25.0 Å². The lowest BCUT2D eigenvalue weighted by Gasteiger charge is -2.37. The minimum atomic E-state index is -0.480. The number of thiocarbonyl (C=S) groups is 1. The molecule has 0 spiro atoms. The maximum absolute atomic E-state index is 13.3. The van der Waals surface area contributed by atoms with Crippen LogP contribution in [-0.4, -0.2) is 76.3 Å². The SMILES string of the molecule is C=CCOC(=O)N1C[C@@H](SC(c2ccccc2)(c2ccccc2)c2ccccc2)C[C@H]1CNC(=S)N1CCCC1CO. The molecule has 0 aromatic heterocycles. The molecule has 1 amide bonds. The fraction of sp³-hybridized carbons (Fsp3) is 0.353. The Morgan fingerprint density at radius 3 is 2.07 bits per heavy atom. The fourth-order valence-electron chi connectivity index (χ4n) is 6.16. The van der Waals surface area contributed by atoms with Gasteiger partial charge in [-0.2, -0.15) is 0 Å². The van der Waals surface area contributed by atoms with Gasteiger partial charge in [-0.15, -0.1) is 11.8 Å². The summed E-state index contributed by atoms with van der Waals surface area (Å²) in [4.78, 5) is 17.2. The normalized spacial score (nSPS) is 20.4. The maximum Gasteiger partial charge on any atom is 0.410 e. The van der Waals surface area contributed by atoms with Gasteiger partial charge in [-0.3, -0.25) is 0 Å². The van der Waals surface area contributed by atoms with Crippen molar-refractivity contribution >= 4 is 35.2 Å².